The molecule has 1 aliphatic heterocycles. The molecule has 23 heavy (non-hydrogen) atoms. The van der Waals surface area contributed by atoms with Gasteiger partial charge >= 0.3 is 12.2 Å². The van der Waals surface area contributed by atoms with Crippen LogP contribution in [0.2, 0.25) is 0 Å². The fourth-order valence-electron chi connectivity index (χ4n) is 2.76. The molecule has 1 rings (SSSR count). The van der Waals surface area contributed by atoms with Gasteiger partial charge < -0.3 is 15.0 Å². The Morgan fingerprint density at radius 3 is 2.43 bits per heavy atom. The predicted octanol–water partition coefficient (Wildman–Crippen LogP) is 2.47. The van der Waals surface area contributed by atoms with Crippen LogP contribution >= 0.6 is 0 Å². The zero-order valence-corrected chi connectivity index (χ0v) is 14.4. The van der Waals surface area contributed by atoms with E-state index in [2.05, 4.69) is 5.32 Å². The Morgan fingerprint density at radius 1 is 1.22 bits per heavy atom. The van der Waals surface area contributed by atoms with Crippen LogP contribution in [0.4, 0.5) is 18.0 Å². The van der Waals surface area contributed by atoms with Crippen LogP contribution in [-0.2, 0) is 4.74 Å². The molecule has 1 saturated heterocycles. The van der Waals surface area contributed by atoms with E-state index in [1.807, 2.05) is 20.8 Å². The van der Waals surface area contributed by atoms with Gasteiger partial charge in [-0.3, -0.25) is 4.90 Å². The van der Waals surface area contributed by atoms with E-state index < -0.39 is 12.7 Å². The summed E-state index contributed by atoms with van der Waals surface area (Å²) < 4.78 is 42.7. The number of amides is 2. The van der Waals surface area contributed by atoms with Crippen LogP contribution in [-0.4, -0.2) is 73.5 Å². The van der Waals surface area contributed by atoms with Crippen LogP contribution in [0.25, 0.3) is 0 Å². The molecule has 0 spiro atoms. The summed E-state index contributed by atoms with van der Waals surface area (Å²) in [6.07, 6.45) is -3.00. The van der Waals surface area contributed by atoms with Crippen LogP contribution < -0.4 is 5.32 Å². The molecule has 1 N–H and O–H groups in total. The molecule has 136 valence electrons. The Balaban J connectivity index is 2.45. The van der Waals surface area contributed by atoms with Crippen molar-refractivity contribution in [3.63, 3.8) is 0 Å². The molecule has 1 heterocycles. The first-order valence-electron chi connectivity index (χ1n) is 7.92. The molecule has 1 atom stereocenters. The number of ether oxygens (including phenoxy) is 1. The molecule has 1 fully saturated rings. The molecule has 8 heteroatoms. The van der Waals surface area contributed by atoms with Gasteiger partial charge in [-0.15, -0.1) is 0 Å². The second kappa shape index (κ2) is 8.19. The Labute approximate surface area is 136 Å². The number of halogens is 3. The zero-order valence-electron chi connectivity index (χ0n) is 14.4. The van der Waals surface area contributed by atoms with Gasteiger partial charge in [0, 0.05) is 39.3 Å². The van der Waals surface area contributed by atoms with Crippen molar-refractivity contribution in [1.29, 1.82) is 0 Å². The number of urea groups is 1. The average molecular weight is 339 g/mol. The fourth-order valence-corrected chi connectivity index (χ4v) is 2.76. The first-order valence-corrected chi connectivity index (χ1v) is 7.92. The van der Waals surface area contributed by atoms with Crippen LogP contribution in [0.5, 0.6) is 0 Å². The highest BCUT2D eigenvalue weighted by Gasteiger charge is 2.32. The molecule has 0 bridgehead atoms. The van der Waals surface area contributed by atoms with E-state index in [9.17, 15) is 18.0 Å². The lowest BCUT2D eigenvalue weighted by Gasteiger charge is -2.29. The summed E-state index contributed by atoms with van der Waals surface area (Å²) in [5.41, 5.74) is -0.338. The first kappa shape index (κ1) is 20.0. The Bertz CT molecular complexity index is 389. The van der Waals surface area contributed by atoms with E-state index in [4.69, 9.17) is 4.74 Å². The molecule has 0 aromatic carbocycles. The maximum Gasteiger partial charge on any atom is 0.401 e. The van der Waals surface area contributed by atoms with Crippen molar-refractivity contribution in [3.8, 4) is 0 Å². The van der Waals surface area contributed by atoms with Crippen LogP contribution in [0, 0.1) is 0 Å². The third-order valence-corrected chi connectivity index (χ3v) is 4.00. The van der Waals surface area contributed by atoms with Crippen molar-refractivity contribution in [2.24, 2.45) is 0 Å². The smallest absolute Gasteiger partial charge is 0.379 e. The zero-order chi connectivity index (χ0) is 17.7. The van der Waals surface area contributed by atoms with Gasteiger partial charge in [-0.25, -0.2) is 4.79 Å². The molecule has 0 saturated carbocycles. The number of carbonyl (C=O) groups is 1. The van der Waals surface area contributed by atoms with Gasteiger partial charge in [0.25, 0.3) is 0 Å². The molecule has 0 aromatic rings. The maximum atomic E-state index is 12.4. The second-order valence-electron chi connectivity index (χ2n) is 6.75. The third kappa shape index (κ3) is 7.87. The highest BCUT2D eigenvalue weighted by atomic mass is 19.4. The molecular weight excluding hydrogens is 311 g/mol. The number of nitrogens with one attached hydrogen (secondary N) is 1. The normalized spacial score (nSPS) is 19.3. The summed E-state index contributed by atoms with van der Waals surface area (Å²) >= 11 is 0. The summed E-state index contributed by atoms with van der Waals surface area (Å²) in [4.78, 5) is 15.2. The summed E-state index contributed by atoms with van der Waals surface area (Å²) in [5, 5.41) is 2.90. The van der Waals surface area contributed by atoms with Gasteiger partial charge in [-0.2, -0.15) is 13.2 Å². The average Bonchev–Trinajstić information content (AvgIpc) is 2.61. The highest BCUT2D eigenvalue weighted by Crippen LogP contribution is 2.18. The van der Waals surface area contributed by atoms with Crippen molar-refractivity contribution in [2.75, 3.05) is 39.8 Å². The fraction of sp³-hybridized carbons (Fsp3) is 0.933. The molecule has 0 aliphatic carbocycles. The topological polar surface area (TPSA) is 44.8 Å². The van der Waals surface area contributed by atoms with Crippen LogP contribution in [0.1, 0.15) is 33.6 Å². The van der Waals surface area contributed by atoms with Gasteiger partial charge in [0.15, 0.2) is 0 Å². The van der Waals surface area contributed by atoms with Gasteiger partial charge in [0.2, 0.25) is 0 Å². The number of alkyl halides is 3. The summed E-state index contributed by atoms with van der Waals surface area (Å²) in [6, 6.07) is -0.301. The Hall–Kier alpha value is -1.02. The van der Waals surface area contributed by atoms with E-state index in [0.29, 0.717) is 32.5 Å². The third-order valence-electron chi connectivity index (χ3n) is 4.00. The van der Waals surface area contributed by atoms with Crippen molar-refractivity contribution < 1.29 is 22.7 Å². The summed E-state index contributed by atoms with van der Waals surface area (Å²) in [5.74, 6) is 0. The SMILES string of the molecule is COC(C)(C)CC(C)NC(=O)N1CCCN(CC(F)(F)F)CC1. The number of methoxy groups -OCH3 is 1. The number of carbonyl (C=O) groups excluding carboxylic acids is 1. The van der Waals surface area contributed by atoms with Crippen LogP contribution in [0.3, 0.4) is 0 Å². The highest BCUT2D eigenvalue weighted by molar-refractivity contribution is 5.74. The van der Waals surface area contributed by atoms with Crippen LogP contribution in [0.15, 0.2) is 0 Å². The largest absolute Gasteiger partial charge is 0.401 e. The minimum atomic E-state index is -4.20. The standard InChI is InChI=1S/C15H28F3N3O2/c1-12(10-14(2,3)23-4)19-13(22)21-7-5-6-20(8-9-21)11-15(16,17)18/h12H,5-11H2,1-4H3,(H,19,22). The minimum Gasteiger partial charge on any atom is -0.379 e. The number of hydrogen-bond acceptors (Lipinski definition) is 3. The maximum absolute atomic E-state index is 12.4. The lowest BCUT2D eigenvalue weighted by Crippen LogP contribution is -2.47. The van der Waals surface area contributed by atoms with Gasteiger partial charge in [-0.1, -0.05) is 0 Å². The molecule has 1 unspecified atom stereocenters. The van der Waals surface area contributed by atoms with E-state index in [1.54, 1.807) is 12.0 Å². The van der Waals surface area contributed by atoms with E-state index in [0.717, 1.165) is 0 Å². The van der Waals surface area contributed by atoms with Crippen molar-refractivity contribution >= 4 is 6.03 Å². The molecule has 2 amide bonds. The summed E-state index contributed by atoms with van der Waals surface area (Å²) in [7, 11) is 1.62. The van der Waals surface area contributed by atoms with E-state index in [1.165, 1.54) is 4.90 Å². The van der Waals surface area contributed by atoms with E-state index >= 15 is 0 Å². The molecule has 5 nitrogen and oxygen atoms in total. The Kier molecular flexibility index (Phi) is 7.13. The van der Waals surface area contributed by atoms with E-state index in [-0.39, 0.29) is 24.2 Å². The Morgan fingerprint density at radius 2 is 1.87 bits per heavy atom. The van der Waals surface area contributed by atoms with Gasteiger partial charge in [-0.05, 0) is 33.6 Å². The van der Waals surface area contributed by atoms with Crippen molar-refractivity contribution in [1.82, 2.24) is 15.1 Å². The first-order chi connectivity index (χ1) is 10.5. The minimum absolute atomic E-state index is 0.0769. The lowest BCUT2D eigenvalue weighted by molar-refractivity contribution is -0.145. The van der Waals surface area contributed by atoms with Gasteiger partial charge in [0.1, 0.15) is 0 Å². The van der Waals surface area contributed by atoms with Crippen molar-refractivity contribution in [2.45, 2.75) is 51.4 Å². The molecule has 0 aromatic heterocycles. The lowest BCUT2D eigenvalue weighted by atomic mass is 10.00. The molecular formula is C15H28F3N3O2. The number of nitrogens with zero attached hydrogens (tertiary/aromatic N) is 2. The molecule has 1 aliphatic rings. The molecule has 0 radical (unpaired) electrons. The quantitative estimate of drug-likeness (QED) is 0.837. The second-order valence-corrected chi connectivity index (χ2v) is 6.75. The van der Waals surface area contributed by atoms with Crippen molar-refractivity contribution in [3.05, 3.63) is 0 Å². The predicted molar refractivity (Wildman–Crippen MR) is 82.4 cm³/mol. The monoisotopic (exact) mass is 339 g/mol. The summed E-state index contributed by atoms with van der Waals surface area (Å²) in [6.45, 7) is 6.24. The van der Waals surface area contributed by atoms with Gasteiger partial charge in [0.05, 0.1) is 12.1 Å². The number of rotatable bonds is 5. The number of hydrogen-bond donors (Lipinski definition) is 1.